The Labute approximate surface area is 1280 Å². The molecule has 0 aromatic rings. The molecule has 0 aromatic heterocycles. The fourth-order valence-corrected chi connectivity index (χ4v) is 0. The van der Waals surface area contributed by atoms with Crippen LogP contribution in [0.2, 0.25) is 0 Å². The van der Waals surface area contributed by atoms with Crippen molar-refractivity contribution in [3.63, 3.8) is 0 Å². The zero-order valence-corrected chi connectivity index (χ0v) is 129. The summed E-state index contributed by atoms with van der Waals surface area (Å²) in [6, 6.07) is 0. The van der Waals surface area contributed by atoms with Crippen LogP contribution in [0.1, 0.15) is 0 Å². The number of rotatable bonds is 0. The van der Waals surface area contributed by atoms with Crippen LogP contribution in [0.4, 0.5) is 0 Å². The van der Waals surface area contributed by atoms with Gasteiger partial charge in [-0.3, -0.25) is 0 Å². The predicted octanol–water partition coefficient (Wildman–Crippen LogP) is -7.36. The first-order chi connectivity index (χ1) is 0. The van der Waals surface area contributed by atoms with Gasteiger partial charge in [-0.1, -0.05) is 0 Å². The molecule has 96 heteroatoms. The topological polar surface area (TPSA) is 0 Å². The van der Waals surface area contributed by atoms with Crippen LogP contribution in [0.25, 0.3) is 0 Å². The molecule has 0 saturated carbocycles. The summed E-state index contributed by atoms with van der Waals surface area (Å²) in [6.07, 6.45) is 0. The summed E-state index contributed by atoms with van der Waals surface area (Å²) in [7, 11) is 0. The third-order valence-electron chi connectivity index (χ3n) is 0. The molecular formula is H82Cl89Na7. The van der Waals surface area contributed by atoms with Crippen molar-refractivity contribution in [1.29, 1.82) is 0 Å². The van der Waals surface area contributed by atoms with E-state index in [0.29, 0.717) is 0 Å². The molecule has 0 atom stereocenters. The Morgan fingerprint density at radius 3 is 0.0312 bits per heavy atom. The summed E-state index contributed by atoms with van der Waals surface area (Å²) >= 11 is 0. The Morgan fingerprint density at radius 2 is 0.0312 bits per heavy atom. The monoisotopic (exact) mass is 3360 g/mol. The summed E-state index contributed by atoms with van der Waals surface area (Å²) < 4.78 is 0. The minimum Gasteiger partial charge on any atom is -1.00 e. The van der Waals surface area contributed by atoms with Crippen LogP contribution in [0, 0.1) is 0 Å². The Hall–Kier alpha value is 32.8. The molecule has 0 fully saturated rings. The van der Waals surface area contributed by atoms with Gasteiger partial charge in [0.15, 0.2) is 0 Å². The van der Waals surface area contributed by atoms with Gasteiger partial charge in [-0.2, -0.15) is 0 Å². The second-order valence-electron chi connectivity index (χ2n) is 0. The zero-order chi connectivity index (χ0) is 0. The van der Waals surface area contributed by atoms with Gasteiger partial charge in [0.1, 0.15) is 0 Å². The van der Waals surface area contributed by atoms with E-state index in [4.69, 9.17) is 0 Å². The van der Waals surface area contributed by atoms with Crippen molar-refractivity contribution >= 4 is 1020 Å². The Morgan fingerprint density at radius 1 is 0.0312 bits per heavy atom. The van der Waals surface area contributed by atoms with E-state index in [1.165, 1.54) is 0 Å². The average Bonchev–Trinajstić information content (AvgIpc) is 0. The fraction of sp³-hybridized carbons (Fsp3) is 0. The molecule has 0 N–H and O–H groups in total. The molecule has 0 amide bonds. The van der Waals surface area contributed by atoms with Gasteiger partial charge in [0.2, 0.25) is 0 Å². The molecule has 96 heavy (non-hydrogen) atoms. The van der Waals surface area contributed by atoms with Crippen molar-refractivity contribution in [3.8, 4) is 0 Å². The minimum absolute atomic E-state index is 0. The molecule has 0 nitrogen and oxygen atoms in total. The summed E-state index contributed by atoms with van der Waals surface area (Å²) in [5.41, 5.74) is 0. The first-order valence-corrected chi connectivity index (χ1v) is 0. The smallest absolute Gasteiger partial charge is 1.00 e. The molecule has 0 rings (SSSR count). The Kier molecular flexibility index (Phi) is 38900. The van der Waals surface area contributed by atoms with Crippen LogP contribution in [0.5, 0.6) is 0 Å². The van der Waals surface area contributed by atoms with E-state index in [0.717, 1.165) is 0 Å². The SMILES string of the molecule is Cl.Cl.Cl.Cl.Cl.Cl.Cl.Cl.Cl.Cl.Cl.Cl.Cl.Cl.Cl.Cl.Cl.Cl.Cl.Cl.Cl.Cl.Cl.Cl.Cl.Cl.Cl.Cl.Cl.Cl.Cl.Cl.Cl.Cl.Cl.Cl.Cl.Cl.Cl.Cl.Cl.Cl.Cl.Cl.Cl.Cl.Cl.Cl.Cl.Cl.Cl.Cl.Cl.Cl.Cl.Cl.Cl.Cl.Cl.Cl.Cl.Cl.Cl.Cl.Cl.Cl.Cl.Cl.Cl.Cl.Cl.Cl.Cl.Cl.Cl.Cl.Cl.Cl.Cl.Cl.Cl.Cl.[Cl-].[Cl-].[Cl-].[Cl-].[Cl-].[Cl-].[Cl-].[Na+].[Na+].[Na+].[Na+].[Na+].[Na+].[Na+]. The van der Waals surface area contributed by atoms with Gasteiger partial charge in [-0.05, 0) is 0 Å². The standard InChI is InChI=1S/89ClH.7Na/h89*1H;;;;;;;/q;;;;;;;;;;;;;;;;;;;;;;;;;;;;;;;;;;;;;;;;;;;;;;;;;;;;;;;;;;;;;;;;;;;;;;;;;;;;;;;;;;;;;;;;;7*+1/p-7. The molecule has 0 radical (unpaired) electrons. The van der Waals surface area contributed by atoms with E-state index < -0.39 is 0 Å². The van der Waals surface area contributed by atoms with Gasteiger partial charge in [0, 0.05) is 0 Å². The Bertz CT molecular complexity index is 36.2. The minimum atomic E-state index is 0. The van der Waals surface area contributed by atoms with Crippen LogP contribution in [-0.2, 0) is 0 Å². The third-order valence-corrected chi connectivity index (χ3v) is 0. The first kappa shape index (κ1) is 1950. The molecular weight excluding hydrogens is 3320 g/mol. The van der Waals surface area contributed by atoms with E-state index in [-0.39, 0.29) is 1310 Å². The molecule has 0 aliphatic carbocycles. The number of hydrogen-bond acceptors (Lipinski definition) is 0. The van der Waals surface area contributed by atoms with Crippen LogP contribution < -0.4 is 294 Å². The van der Waals surface area contributed by atoms with Gasteiger partial charge in [-0.15, -0.1) is 1020 Å². The van der Waals surface area contributed by atoms with Crippen molar-refractivity contribution in [2.45, 2.75) is 0 Å². The molecule has 712 valence electrons. The van der Waals surface area contributed by atoms with Gasteiger partial charge in [0.05, 0.1) is 0 Å². The van der Waals surface area contributed by atoms with E-state index in [9.17, 15) is 0 Å². The quantitative estimate of drug-likeness (QED) is 0.212. The normalized spacial score (nSPS) is 0. The van der Waals surface area contributed by atoms with Crippen molar-refractivity contribution in [2.75, 3.05) is 0 Å². The molecule has 0 spiro atoms. The van der Waals surface area contributed by atoms with E-state index in [1.54, 1.807) is 0 Å². The average molecular weight is 3400 g/mol. The number of halogens is 89. The van der Waals surface area contributed by atoms with E-state index >= 15 is 0 Å². The fourth-order valence-electron chi connectivity index (χ4n) is 0. The first-order valence-electron chi connectivity index (χ1n) is 0. The maximum atomic E-state index is 0. The summed E-state index contributed by atoms with van der Waals surface area (Å²) in [6.45, 7) is 0. The maximum absolute atomic E-state index is 0. The summed E-state index contributed by atoms with van der Waals surface area (Å²) in [5.74, 6) is 0. The van der Waals surface area contributed by atoms with Crippen LogP contribution in [0.15, 0.2) is 0 Å². The van der Waals surface area contributed by atoms with Crippen LogP contribution in [0.3, 0.4) is 0 Å². The predicted molar refractivity (Wildman–Crippen MR) is 594 cm³/mol. The molecule has 0 aliphatic rings. The maximum Gasteiger partial charge on any atom is 1.00 e. The molecule has 0 heterocycles. The van der Waals surface area contributed by atoms with Gasteiger partial charge in [-0.25, -0.2) is 0 Å². The van der Waals surface area contributed by atoms with E-state index in [1.807, 2.05) is 0 Å². The molecule has 0 unspecified atom stereocenters. The molecule has 0 bridgehead atoms. The van der Waals surface area contributed by atoms with Gasteiger partial charge >= 0.3 is 207 Å². The molecule has 0 saturated heterocycles. The largest absolute Gasteiger partial charge is 1.00 e. The Balaban J connectivity index is 0. The second-order valence-corrected chi connectivity index (χ2v) is 0. The van der Waals surface area contributed by atoms with Crippen molar-refractivity contribution in [3.05, 3.63) is 0 Å². The van der Waals surface area contributed by atoms with Crippen LogP contribution >= 0.6 is 1020 Å². The number of hydrogen-bond donors (Lipinski definition) is 0. The summed E-state index contributed by atoms with van der Waals surface area (Å²) in [4.78, 5) is 0. The second kappa shape index (κ2) is 1910. The van der Waals surface area contributed by atoms with Crippen LogP contribution in [-0.4, -0.2) is 0 Å². The van der Waals surface area contributed by atoms with Gasteiger partial charge < -0.3 is 86.8 Å². The summed E-state index contributed by atoms with van der Waals surface area (Å²) in [5, 5.41) is 0. The van der Waals surface area contributed by atoms with Crippen molar-refractivity contribution in [2.24, 2.45) is 0 Å². The molecule has 0 aliphatic heterocycles. The third kappa shape index (κ3) is 1860. The van der Waals surface area contributed by atoms with E-state index in [2.05, 4.69) is 0 Å². The molecule has 0 aromatic carbocycles. The van der Waals surface area contributed by atoms with Crippen molar-refractivity contribution < 1.29 is 294 Å². The zero-order valence-electron chi connectivity index (χ0n) is 43.1. The van der Waals surface area contributed by atoms with Gasteiger partial charge in [0.25, 0.3) is 0 Å². The van der Waals surface area contributed by atoms with Crippen molar-refractivity contribution in [1.82, 2.24) is 0 Å².